The molecule has 1 heterocycles. The van der Waals surface area contributed by atoms with Gasteiger partial charge in [0.2, 0.25) is 25.8 Å². The summed E-state index contributed by atoms with van der Waals surface area (Å²) in [6, 6.07) is 16.1. The van der Waals surface area contributed by atoms with Crippen LogP contribution in [0.4, 0.5) is 0 Å². The summed E-state index contributed by atoms with van der Waals surface area (Å²) in [6.07, 6.45) is 0. The molecule has 1 aromatic heterocycles. The number of aryl methyl sites for hydroxylation is 1. The van der Waals surface area contributed by atoms with Crippen molar-refractivity contribution >= 4 is 21.6 Å². The van der Waals surface area contributed by atoms with Crippen molar-refractivity contribution in [3.05, 3.63) is 60.2 Å². The summed E-state index contributed by atoms with van der Waals surface area (Å²) < 4.78 is 32.1. The van der Waals surface area contributed by atoms with Gasteiger partial charge in [-0.05, 0) is 37.1 Å². The summed E-state index contributed by atoms with van der Waals surface area (Å²) >= 11 is 1.39. The monoisotopic (exact) mass is 387 g/mol. The van der Waals surface area contributed by atoms with E-state index in [1.165, 1.54) is 11.8 Å². The number of hydrogen-bond acceptors (Lipinski definition) is 5. The zero-order valence-electron chi connectivity index (χ0n) is 15.0. The lowest BCUT2D eigenvalue weighted by molar-refractivity contribution is 0.469. The van der Waals surface area contributed by atoms with Crippen LogP contribution >= 0.6 is 11.8 Å². The Balaban J connectivity index is 2.08. The average molecular weight is 388 g/mol. The van der Waals surface area contributed by atoms with Crippen LogP contribution in [0.1, 0.15) is 19.4 Å². The summed E-state index contributed by atoms with van der Waals surface area (Å²) in [5.41, 5.74) is 1.76. The van der Waals surface area contributed by atoms with Crippen molar-refractivity contribution in [3.63, 3.8) is 0 Å². The number of benzene rings is 2. The smallest absolute Gasteiger partial charge is 0.228 e. The Morgan fingerprint density at radius 3 is 2.31 bits per heavy atom. The molecule has 0 saturated carbocycles. The molecule has 0 amide bonds. The molecular formula is C20H21NO3S2. The van der Waals surface area contributed by atoms with Crippen LogP contribution in [0.15, 0.2) is 74.0 Å². The van der Waals surface area contributed by atoms with E-state index in [1.807, 2.05) is 37.3 Å². The summed E-state index contributed by atoms with van der Waals surface area (Å²) in [7, 11) is -3.75. The summed E-state index contributed by atoms with van der Waals surface area (Å²) in [5, 5.41) is 0.337. The van der Waals surface area contributed by atoms with Gasteiger partial charge in [-0.15, -0.1) is 0 Å². The normalized spacial score (nSPS) is 11.8. The van der Waals surface area contributed by atoms with E-state index >= 15 is 0 Å². The van der Waals surface area contributed by atoms with Gasteiger partial charge in [0, 0.05) is 11.3 Å². The second kappa shape index (κ2) is 7.68. The van der Waals surface area contributed by atoms with Crippen LogP contribution in [0.5, 0.6) is 0 Å². The number of thioether (sulfide) groups is 1. The number of hydrogen-bond donors (Lipinski definition) is 0. The molecule has 136 valence electrons. The largest absolute Gasteiger partial charge is 0.428 e. The van der Waals surface area contributed by atoms with E-state index < -0.39 is 9.84 Å². The summed E-state index contributed by atoms with van der Waals surface area (Å²) in [5.74, 6) is 1.47. The van der Waals surface area contributed by atoms with Crippen LogP contribution in [0, 0.1) is 12.8 Å². The molecule has 0 bridgehead atoms. The van der Waals surface area contributed by atoms with Crippen molar-refractivity contribution in [1.29, 1.82) is 0 Å². The van der Waals surface area contributed by atoms with E-state index in [0.29, 0.717) is 16.9 Å². The van der Waals surface area contributed by atoms with Gasteiger partial charge in [0.05, 0.1) is 4.90 Å². The maximum absolute atomic E-state index is 13.1. The lowest BCUT2D eigenvalue weighted by Gasteiger charge is -2.05. The number of nitrogens with zero attached hydrogens (tertiary/aromatic N) is 1. The SMILES string of the molecule is Cc1ccc(S(=O)(=O)c2nc(-c3ccccc3)oc2SCC(C)C)cc1. The van der Waals surface area contributed by atoms with Crippen LogP contribution in [0.25, 0.3) is 11.5 Å². The standard InChI is InChI=1S/C20H21NO3S2/c1-14(2)13-25-20-19(21-18(24-20)16-7-5-4-6-8-16)26(22,23)17-11-9-15(3)10-12-17/h4-12,14H,13H2,1-3H3. The zero-order valence-corrected chi connectivity index (χ0v) is 16.6. The number of oxazole rings is 1. The molecule has 4 nitrogen and oxygen atoms in total. The minimum absolute atomic E-state index is 0.00847. The van der Waals surface area contributed by atoms with E-state index in [2.05, 4.69) is 18.8 Å². The van der Waals surface area contributed by atoms with Crippen LogP contribution in [-0.4, -0.2) is 19.2 Å². The molecule has 0 saturated heterocycles. The minimum Gasteiger partial charge on any atom is -0.428 e. The molecule has 0 N–H and O–H groups in total. The lowest BCUT2D eigenvalue weighted by atomic mass is 10.2. The predicted molar refractivity (Wildman–Crippen MR) is 104 cm³/mol. The van der Waals surface area contributed by atoms with Crippen molar-refractivity contribution in [3.8, 4) is 11.5 Å². The van der Waals surface area contributed by atoms with Crippen LogP contribution in [0.2, 0.25) is 0 Å². The average Bonchev–Trinajstić information content (AvgIpc) is 3.06. The maximum Gasteiger partial charge on any atom is 0.228 e. The second-order valence-corrected chi connectivity index (χ2v) is 9.36. The van der Waals surface area contributed by atoms with Gasteiger partial charge in [0.1, 0.15) is 0 Å². The van der Waals surface area contributed by atoms with Crippen molar-refractivity contribution < 1.29 is 12.8 Å². The van der Waals surface area contributed by atoms with Crippen molar-refractivity contribution in [2.24, 2.45) is 5.92 Å². The predicted octanol–water partition coefficient (Wildman–Crippen LogP) is 5.23. The Morgan fingerprint density at radius 2 is 1.69 bits per heavy atom. The summed E-state index contributed by atoms with van der Waals surface area (Å²) in [6.45, 7) is 6.08. The van der Waals surface area contributed by atoms with Gasteiger partial charge in [0.15, 0.2) is 0 Å². The number of rotatable bonds is 6. The van der Waals surface area contributed by atoms with Gasteiger partial charge in [-0.3, -0.25) is 0 Å². The van der Waals surface area contributed by atoms with Crippen LogP contribution in [0.3, 0.4) is 0 Å². The summed E-state index contributed by atoms with van der Waals surface area (Å²) in [4.78, 5) is 4.58. The van der Waals surface area contributed by atoms with E-state index in [9.17, 15) is 8.42 Å². The molecule has 0 fully saturated rings. The highest BCUT2D eigenvalue weighted by Crippen LogP contribution is 2.35. The van der Waals surface area contributed by atoms with Gasteiger partial charge in [-0.1, -0.05) is 61.5 Å². The van der Waals surface area contributed by atoms with Gasteiger partial charge >= 0.3 is 0 Å². The van der Waals surface area contributed by atoms with E-state index in [-0.39, 0.29) is 9.92 Å². The van der Waals surface area contributed by atoms with E-state index in [1.54, 1.807) is 24.3 Å². The molecule has 2 aromatic carbocycles. The molecular weight excluding hydrogens is 366 g/mol. The maximum atomic E-state index is 13.1. The highest BCUT2D eigenvalue weighted by molar-refractivity contribution is 8.00. The first-order chi connectivity index (χ1) is 12.4. The highest BCUT2D eigenvalue weighted by Gasteiger charge is 2.28. The molecule has 3 aromatic rings. The molecule has 0 aliphatic rings. The Bertz CT molecular complexity index is 976. The van der Waals surface area contributed by atoms with Gasteiger partial charge in [-0.2, -0.15) is 4.98 Å². The lowest BCUT2D eigenvalue weighted by Crippen LogP contribution is -2.04. The molecule has 0 unspecified atom stereocenters. The first-order valence-corrected chi connectivity index (χ1v) is 10.9. The Morgan fingerprint density at radius 1 is 1.04 bits per heavy atom. The van der Waals surface area contributed by atoms with Gasteiger partial charge in [-0.25, -0.2) is 8.42 Å². The fourth-order valence-electron chi connectivity index (χ4n) is 2.33. The van der Waals surface area contributed by atoms with Gasteiger partial charge in [0.25, 0.3) is 0 Å². The highest BCUT2D eigenvalue weighted by atomic mass is 32.2. The minimum atomic E-state index is -3.75. The number of aromatic nitrogens is 1. The van der Waals surface area contributed by atoms with Crippen LogP contribution in [-0.2, 0) is 9.84 Å². The third-order valence-electron chi connectivity index (χ3n) is 3.72. The van der Waals surface area contributed by atoms with Gasteiger partial charge < -0.3 is 4.42 Å². The van der Waals surface area contributed by atoms with Crippen molar-refractivity contribution in [1.82, 2.24) is 4.98 Å². The van der Waals surface area contributed by atoms with Crippen molar-refractivity contribution in [2.75, 3.05) is 5.75 Å². The van der Waals surface area contributed by atoms with E-state index in [4.69, 9.17) is 4.42 Å². The third kappa shape index (κ3) is 4.02. The molecule has 0 aliphatic carbocycles. The molecule has 0 radical (unpaired) electrons. The van der Waals surface area contributed by atoms with E-state index in [0.717, 1.165) is 16.9 Å². The Hall–Kier alpha value is -2.05. The zero-order chi connectivity index (χ0) is 18.7. The molecule has 6 heteroatoms. The fourth-order valence-corrected chi connectivity index (χ4v) is 4.81. The molecule has 0 spiro atoms. The molecule has 0 aliphatic heterocycles. The van der Waals surface area contributed by atoms with Crippen molar-refractivity contribution in [2.45, 2.75) is 35.8 Å². The number of sulfone groups is 1. The Labute approximate surface area is 158 Å². The van der Waals surface area contributed by atoms with Crippen LogP contribution < -0.4 is 0 Å². The second-order valence-electron chi connectivity index (χ2n) is 6.50. The first kappa shape index (κ1) is 18.7. The third-order valence-corrected chi connectivity index (χ3v) is 6.90. The molecule has 3 rings (SSSR count). The Kier molecular flexibility index (Phi) is 5.53. The first-order valence-electron chi connectivity index (χ1n) is 8.38. The molecule has 0 atom stereocenters. The quantitative estimate of drug-likeness (QED) is 0.542. The fraction of sp³-hybridized carbons (Fsp3) is 0.250. The molecule has 26 heavy (non-hydrogen) atoms. The topological polar surface area (TPSA) is 60.2 Å².